The SMILES string of the molecule is COc1ccc(C[NH+](C)[C@@H](C)C(=O)Nc2ccc(C(C)C)cc2)cc1F. The van der Waals surface area contributed by atoms with E-state index in [0.717, 1.165) is 16.2 Å². The zero-order valence-electron chi connectivity index (χ0n) is 16.1. The van der Waals surface area contributed by atoms with Crippen LogP contribution >= 0.6 is 0 Å². The number of carbonyl (C=O) groups excluding carboxylic acids is 1. The molecular formula is C21H28FN2O2+. The van der Waals surface area contributed by atoms with E-state index < -0.39 is 0 Å². The Morgan fingerprint density at radius 3 is 2.35 bits per heavy atom. The summed E-state index contributed by atoms with van der Waals surface area (Å²) < 4.78 is 18.8. The molecule has 2 N–H and O–H groups in total. The Labute approximate surface area is 155 Å². The predicted molar refractivity (Wildman–Crippen MR) is 102 cm³/mol. The summed E-state index contributed by atoms with van der Waals surface area (Å²) in [7, 11) is 3.36. The van der Waals surface area contributed by atoms with Crippen LogP contribution in [0.15, 0.2) is 42.5 Å². The van der Waals surface area contributed by atoms with Crippen LogP contribution in [0.1, 0.15) is 37.8 Å². The van der Waals surface area contributed by atoms with Gasteiger partial charge in [0.15, 0.2) is 17.6 Å². The number of halogens is 1. The van der Waals surface area contributed by atoms with Gasteiger partial charge < -0.3 is 15.0 Å². The summed E-state index contributed by atoms with van der Waals surface area (Å²) >= 11 is 0. The fourth-order valence-electron chi connectivity index (χ4n) is 2.72. The van der Waals surface area contributed by atoms with Crippen molar-refractivity contribution in [2.45, 2.75) is 39.3 Å². The minimum absolute atomic E-state index is 0.0613. The first-order valence-electron chi connectivity index (χ1n) is 8.87. The van der Waals surface area contributed by atoms with Crippen LogP contribution in [0.4, 0.5) is 10.1 Å². The minimum atomic E-state index is -0.389. The Balaban J connectivity index is 1.97. The maximum atomic E-state index is 13.8. The van der Waals surface area contributed by atoms with Crippen LogP contribution in [0.25, 0.3) is 0 Å². The molecule has 0 aliphatic carbocycles. The van der Waals surface area contributed by atoms with Crippen LogP contribution in [0.2, 0.25) is 0 Å². The van der Waals surface area contributed by atoms with Crippen molar-refractivity contribution in [3.63, 3.8) is 0 Å². The molecular weight excluding hydrogens is 331 g/mol. The average molecular weight is 359 g/mol. The van der Waals surface area contributed by atoms with Crippen molar-refractivity contribution in [2.24, 2.45) is 0 Å². The van der Waals surface area contributed by atoms with Crippen molar-refractivity contribution in [2.75, 3.05) is 19.5 Å². The molecule has 2 atom stereocenters. The lowest BCUT2D eigenvalue weighted by molar-refractivity contribution is -0.907. The van der Waals surface area contributed by atoms with Gasteiger partial charge in [-0.3, -0.25) is 4.79 Å². The molecule has 140 valence electrons. The van der Waals surface area contributed by atoms with E-state index >= 15 is 0 Å². The summed E-state index contributed by atoms with van der Waals surface area (Å²) in [5, 5.41) is 2.95. The van der Waals surface area contributed by atoms with E-state index in [-0.39, 0.29) is 23.5 Å². The Bertz CT molecular complexity index is 744. The zero-order valence-corrected chi connectivity index (χ0v) is 16.1. The Hall–Kier alpha value is -2.40. The molecule has 0 spiro atoms. The van der Waals surface area contributed by atoms with Crippen molar-refractivity contribution >= 4 is 11.6 Å². The van der Waals surface area contributed by atoms with Crippen molar-refractivity contribution < 1.29 is 18.8 Å². The number of methoxy groups -OCH3 is 1. The number of hydrogen-bond acceptors (Lipinski definition) is 2. The third kappa shape index (κ3) is 5.05. The molecule has 1 amide bonds. The van der Waals surface area contributed by atoms with E-state index in [9.17, 15) is 9.18 Å². The van der Waals surface area contributed by atoms with E-state index in [4.69, 9.17) is 4.74 Å². The van der Waals surface area contributed by atoms with E-state index in [1.54, 1.807) is 6.07 Å². The standard InChI is InChI=1S/C21H27FN2O2/c1-14(2)17-7-9-18(10-8-17)23-21(25)15(3)24(4)13-16-6-11-20(26-5)19(22)12-16/h6-12,14-15H,13H2,1-5H3,(H,23,25)/p+1/t15-/m0/s1. The molecule has 0 aromatic heterocycles. The maximum Gasteiger partial charge on any atom is 0.282 e. The quantitative estimate of drug-likeness (QED) is 0.798. The molecule has 0 saturated heterocycles. The molecule has 2 aromatic carbocycles. The summed E-state index contributed by atoms with van der Waals surface area (Å²) in [6, 6.07) is 12.5. The lowest BCUT2D eigenvalue weighted by Crippen LogP contribution is -3.12. The third-order valence-electron chi connectivity index (χ3n) is 4.68. The van der Waals surface area contributed by atoms with Gasteiger partial charge in [0.25, 0.3) is 5.91 Å². The molecule has 0 fully saturated rings. The van der Waals surface area contributed by atoms with Gasteiger partial charge in [0, 0.05) is 11.3 Å². The predicted octanol–water partition coefficient (Wildman–Crippen LogP) is 3.00. The topological polar surface area (TPSA) is 42.8 Å². The highest BCUT2D eigenvalue weighted by Crippen LogP contribution is 2.18. The van der Waals surface area contributed by atoms with Gasteiger partial charge in [0.1, 0.15) is 6.54 Å². The van der Waals surface area contributed by atoms with E-state index in [1.807, 2.05) is 44.3 Å². The summed E-state index contributed by atoms with van der Waals surface area (Å²) in [6.07, 6.45) is 0. The first-order chi connectivity index (χ1) is 12.3. The number of hydrogen-bond donors (Lipinski definition) is 2. The highest BCUT2D eigenvalue weighted by Gasteiger charge is 2.22. The van der Waals surface area contributed by atoms with Gasteiger partial charge in [-0.2, -0.15) is 0 Å². The number of anilines is 1. The second kappa shape index (κ2) is 8.81. The molecule has 0 aliphatic heterocycles. The van der Waals surface area contributed by atoms with Crippen LogP contribution in [0, 0.1) is 5.82 Å². The van der Waals surface area contributed by atoms with Crippen molar-refractivity contribution in [3.8, 4) is 5.75 Å². The molecule has 5 heteroatoms. The summed E-state index contributed by atoms with van der Waals surface area (Å²) in [5.41, 5.74) is 2.84. The lowest BCUT2D eigenvalue weighted by atomic mass is 10.0. The van der Waals surface area contributed by atoms with Crippen LogP contribution in [0.3, 0.4) is 0 Å². The zero-order chi connectivity index (χ0) is 19.3. The fraction of sp³-hybridized carbons (Fsp3) is 0.381. The van der Waals surface area contributed by atoms with Crippen LogP contribution in [-0.4, -0.2) is 26.1 Å². The molecule has 0 aliphatic rings. The highest BCUT2D eigenvalue weighted by molar-refractivity contribution is 5.93. The first kappa shape index (κ1) is 19.9. The lowest BCUT2D eigenvalue weighted by Gasteiger charge is -2.21. The summed E-state index contributed by atoms with van der Waals surface area (Å²) in [6.45, 7) is 6.68. The van der Waals surface area contributed by atoms with Gasteiger partial charge in [-0.15, -0.1) is 0 Å². The average Bonchev–Trinajstić information content (AvgIpc) is 2.61. The summed E-state index contributed by atoms with van der Waals surface area (Å²) in [4.78, 5) is 13.5. The third-order valence-corrected chi connectivity index (χ3v) is 4.68. The summed E-state index contributed by atoms with van der Waals surface area (Å²) in [5.74, 6) is 0.232. The normalized spacial score (nSPS) is 13.3. The Morgan fingerprint density at radius 1 is 1.15 bits per heavy atom. The molecule has 0 bridgehead atoms. The molecule has 26 heavy (non-hydrogen) atoms. The molecule has 2 rings (SSSR count). The van der Waals surface area contributed by atoms with Gasteiger partial charge in [0.2, 0.25) is 0 Å². The fourth-order valence-corrected chi connectivity index (χ4v) is 2.72. The second-order valence-corrected chi connectivity index (χ2v) is 6.98. The van der Waals surface area contributed by atoms with Crippen molar-refractivity contribution in [1.29, 1.82) is 0 Å². The minimum Gasteiger partial charge on any atom is -0.494 e. The monoisotopic (exact) mass is 359 g/mol. The molecule has 1 unspecified atom stereocenters. The van der Waals surface area contributed by atoms with E-state index in [2.05, 4.69) is 19.2 Å². The first-order valence-corrected chi connectivity index (χ1v) is 8.87. The second-order valence-electron chi connectivity index (χ2n) is 6.98. The number of nitrogens with one attached hydrogen (secondary N) is 2. The molecule has 4 nitrogen and oxygen atoms in total. The smallest absolute Gasteiger partial charge is 0.282 e. The molecule has 0 heterocycles. The number of carbonyl (C=O) groups is 1. The number of amides is 1. The molecule has 0 radical (unpaired) electrons. The number of ether oxygens (including phenoxy) is 1. The van der Waals surface area contributed by atoms with Crippen molar-refractivity contribution in [1.82, 2.24) is 0 Å². The van der Waals surface area contributed by atoms with Gasteiger partial charge in [-0.1, -0.05) is 26.0 Å². The van der Waals surface area contributed by atoms with Gasteiger partial charge >= 0.3 is 0 Å². The van der Waals surface area contributed by atoms with E-state index in [0.29, 0.717) is 12.5 Å². The van der Waals surface area contributed by atoms with E-state index in [1.165, 1.54) is 18.7 Å². The molecule has 2 aromatic rings. The highest BCUT2D eigenvalue weighted by atomic mass is 19.1. The molecule has 0 saturated carbocycles. The van der Waals surface area contributed by atoms with Crippen LogP contribution < -0.4 is 15.0 Å². The number of benzene rings is 2. The Kier molecular flexibility index (Phi) is 6.75. The largest absolute Gasteiger partial charge is 0.494 e. The van der Waals surface area contributed by atoms with Crippen LogP contribution in [-0.2, 0) is 11.3 Å². The van der Waals surface area contributed by atoms with Gasteiger partial charge in [-0.05, 0) is 48.7 Å². The van der Waals surface area contributed by atoms with Crippen LogP contribution in [0.5, 0.6) is 5.75 Å². The number of likely N-dealkylation sites (N-methyl/N-ethyl adjacent to an activating group) is 1. The Morgan fingerprint density at radius 2 is 1.81 bits per heavy atom. The maximum absolute atomic E-state index is 13.8. The number of rotatable bonds is 7. The number of quaternary nitrogens is 1. The van der Waals surface area contributed by atoms with Gasteiger partial charge in [-0.25, -0.2) is 4.39 Å². The van der Waals surface area contributed by atoms with Gasteiger partial charge in [0.05, 0.1) is 14.2 Å². The van der Waals surface area contributed by atoms with Crippen molar-refractivity contribution in [3.05, 3.63) is 59.4 Å².